The molecule has 0 aliphatic carbocycles. The van der Waals surface area contributed by atoms with Gasteiger partial charge in [-0.1, -0.05) is 6.07 Å². The molecule has 1 aliphatic rings. The van der Waals surface area contributed by atoms with E-state index in [2.05, 4.69) is 33.8 Å². The molecule has 1 atom stereocenters. The van der Waals surface area contributed by atoms with Gasteiger partial charge >= 0.3 is 0 Å². The molecule has 1 fully saturated rings. The number of likely N-dealkylation sites (N-methyl/N-ethyl adjacent to an activating group) is 1. The molecule has 0 saturated carbocycles. The summed E-state index contributed by atoms with van der Waals surface area (Å²) in [7, 11) is 4.22. The largest absolute Gasteiger partial charge is 0.389 e. The summed E-state index contributed by atoms with van der Waals surface area (Å²) >= 11 is 0. The van der Waals surface area contributed by atoms with E-state index in [1.54, 1.807) is 13.1 Å². The minimum absolute atomic E-state index is 0.467. The number of aromatic nitrogens is 1. The average molecular weight is 278 g/mol. The molecule has 1 aromatic heterocycles. The van der Waals surface area contributed by atoms with Crippen LogP contribution in [0.15, 0.2) is 18.3 Å². The number of hydrogen-bond acceptors (Lipinski definition) is 5. The fourth-order valence-corrected chi connectivity index (χ4v) is 2.52. The first-order valence-corrected chi connectivity index (χ1v) is 7.33. The number of aliphatic hydroxyl groups is 1. The first-order valence-electron chi connectivity index (χ1n) is 7.33. The van der Waals surface area contributed by atoms with Gasteiger partial charge in [-0.05, 0) is 27.1 Å². The number of rotatable bonds is 5. The summed E-state index contributed by atoms with van der Waals surface area (Å²) in [5, 5.41) is 9.85. The molecule has 0 aromatic carbocycles. The third kappa shape index (κ3) is 3.91. The molecule has 1 aromatic rings. The quantitative estimate of drug-likeness (QED) is 0.864. The minimum atomic E-state index is -0.467. The molecule has 2 rings (SSSR count). The minimum Gasteiger partial charge on any atom is -0.389 e. The average Bonchev–Trinajstić information content (AvgIpc) is 2.45. The van der Waals surface area contributed by atoms with Crippen LogP contribution in [0.25, 0.3) is 0 Å². The predicted molar refractivity (Wildman–Crippen MR) is 82.1 cm³/mol. The highest BCUT2D eigenvalue weighted by atomic mass is 16.3. The number of aliphatic hydroxyl groups excluding tert-OH is 1. The van der Waals surface area contributed by atoms with E-state index in [1.807, 2.05) is 12.1 Å². The molecule has 0 radical (unpaired) electrons. The Morgan fingerprint density at radius 2 is 2.00 bits per heavy atom. The van der Waals surface area contributed by atoms with Crippen LogP contribution in [0.2, 0.25) is 0 Å². The van der Waals surface area contributed by atoms with Crippen molar-refractivity contribution in [2.75, 3.05) is 58.3 Å². The fourth-order valence-electron chi connectivity index (χ4n) is 2.52. The first kappa shape index (κ1) is 15.2. The Morgan fingerprint density at radius 3 is 2.60 bits per heavy atom. The van der Waals surface area contributed by atoms with Crippen molar-refractivity contribution in [2.45, 2.75) is 13.0 Å². The van der Waals surface area contributed by atoms with E-state index >= 15 is 0 Å². The second kappa shape index (κ2) is 7.02. The summed E-state index contributed by atoms with van der Waals surface area (Å²) in [5.74, 6) is 0.940. The molecule has 0 unspecified atom stereocenters. The highest BCUT2D eigenvalue weighted by molar-refractivity contribution is 5.48. The van der Waals surface area contributed by atoms with E-state index in [1.165, 1.54) is 0 Å². The maximum absolute atomic E-state index is 9.85. The molecule has 2 heterocycles. The van der Waals surface area contributed by atoms with Crippen LogP contribution in [0.4, 0.5) is 5.82 Å². The van der Waals surface area contributed by atoms with Gasteiger partial charge < -0.3 is 14.9 Å². The third-order valence-electron chi connectivity index (χ3n) is 3.80. The number of hydrogen-bond donors (Lipinski definition) is 1. The second-order valence-electron chi connectivity index (χ2n) is 5.72. The summed E-state index contributed by atoms with van der Waals surface area (Å²) in [6.07, 6.45) is 1.34. The lowest BCUT2D eigenvalue weighted by Gasteiger charge is -2.36. The lowest BCUT2D eigenvalue weighted by Crippen LogP contribution is -2.48. The highest BCUT2D eigenvalue weighted by Gasteiger charge is 2.21. The molecular weight excluding hydrogens is 252 g/mol. The van der Waals surface area contributed by atoms with Gasteiger partial charge in [0.05, 0.1) is 6.10 Å². The van der Waals surface area contributed by atoms with Gasteiger partial charge in [0, 0.05) is 51.0 Å². The van der Waals surface area contributed by atoms with Crippen LogP contribution in [-0.2, 0) is 0 Å². The molecule has 1 aliphatic heterocycles. The molecule has 1 N–H and O–H groups in total. The van der Waals surface area contributed by atoms with E-state index in [0.717, 1.165) is 50.6 Å². The zero-order valence-corrected chi connectivity index (χ0v) is 12.8. The van der Waals surface area contributed by atoms with Gasteiger partial charge in [0.15, 0.2) is 0 Å². The number of pyridine rings is 1. The van der Waals surface area contributed by atoms with Crippen LogP contribution in [-0.4, -0.2) is 73.3 Å². The van der Waals surface area contributed by atoms with Crippen LogP contribution >= 0.6 is 0 Å². The second-order valence-corrected chi connectivity index (χ2v) is 5.72. The normalized spacial score (nSPS) is 18.6. The lowest BCUT2D eigenvalue weighted by molar-refractivity contribution is 0.198. The molecule has 5 heteroatoms. The van der Waals surface area contributed by atoms with Crippen molar-refractivity contribution >= 4 is 5.82 Å². The summed E-state index contributed by atoms with van der Waals surface area (Å²) in [6.45, 7) is 8.09. The fraction of sp³-hybridized carbons (Fsp3) is 0.667. The van der Waals surface area contributed by atoms with Crippen molar-refractivity contribution in [3.63, 3.8) is 0 Å². The van der Waals surface area contributed by atoms with E-state index in [9.17, 15) is 5.11 Å². The van der Waals surface area contributed by atoms with Crippen molar-refractivity contribution in [1.29, 1.82) is 0 Å². The molecule has 0 spiro atoms. The number of anilines is 1. The monoisotopic (exact) mass is 278 g/mol. The SMILES string of the molecule is C[C@@H](O)c1cccnc1N1CCN(CCN(C)C)CC1. The molecular formula is C15H26N4O. The smallest absolute Gasteiger partial charge is 0.134 e. The number of nitrogens with zero attached hydrogens (tertiary/aromatic N) is 4. The van der Waals surface area contributed by atoms with Gasteiger partial charge in [0.1, 0.15) is 5.82 Å². The number of piperazine rings is 1. The van der Waals surface area contributed by atoms with Crippen LogP contribution in [0.5, 0.6) is 0 Å². The lowest BCUT2D eigenvalue weighted by atomic mass is 10.1. The van der Waals surface area contributed by atoms with Gasteiger partial charge in [0.25, 0.3) is 0 Å². The third-order valence-corrected chi connectivity index (χ3v) is 3.80. The van der Waals surface area contributed by atoms with Crippen molar-refractivity contribution in [3.05, 3.63) is 23.9 Å². The molecule has 0 amide bonds. The van der Waals surface area contributed by atoms with Gasteiger partial charge in [-0.3, -0.25) is 4.90 Å². The van der Waals surface area contributed by atoms with Crippen LogP contribution in [0, 0.1) is 0 Å². The standard InChI is InChI=1S/C15H26N4O/c1-13(20)14-5-4-6-16-15(14)19-11-9-18(10-12-19)8-7-17(2)3/h4-6,13,20H,7-12H2,1-3H3/t13-/m1/s1. The van der Waals surface area contributed by atoms with Gasteiger partial charge in [0.2, 0.25) is 0 Å². The Hall–Kier alpha value is -1.17. The van der Waals surface area contributed by atoms with Gasteiger partial charge in [-0.25, -0.2) is 4.98 Å². The van der Waals surface area contributed by atoms with E-state index in [0.29, 0.717) is 0 Å². The van der Waals surface area contributed by atoms with Gasteiger partial charge in [-0.15, -0.1) is 0 Å². The first-order chi connectivity index (χ1) is 9.58. The Labute approximate surface area is 121 Å². The van der Waals surface area contributed by atoms with Crippen molar-refractivity contribution in [2.24, 2.45) is 0 Å². The molecule has 0 bridgehead atoms. The molecule has 5 nitrogen and oxygen atoms in total. The molecule has 112 valence electrons. The van der Waals surface area contributed by atoms with Crippen LogP contribution < -0.4 is 4.90 Å². The summed E-state index contributed by atoms with van der Waals surface area (Å²) in [5.41, 5.74) is 0.925. The van der Waals surface area contributed by atoms with E-state index in [-0.39, 0.29) is 0 Å². The zero-order valence-electron chi connectivity index (χ0n) is 12.8. The Balaban J connectivity index is 1.94. The topological polar surface area (TPSA) is 42.8 Å². The van der Waals surface area contributed by atoms with Crippen molar-refractivity contribution in [1.82, 2.24) is 14.8 Å². The van der Waals surface area contributed by atoms with Crippen LogP contribution in [0.1, 0.15) is 18.6 Å². The van der Waals surface area contributed by atoms with E-state index < -0.39 is 6.10 Å². The zero-order chi connectivity index (χ0) is 14.5. The van der Waals surface area contributed by atoms with E-state index in [4.69, 9.17) is 0 Å². The predicted octanol–water partition coefficient (Wildman–Crippen LogP) is 0.819. The maximum atomic E-state index is 9.85. The van der Waals surface area contributed by atoms with Crippen molar-refractivity contribution < 1.29 is 5.11 Å². The highest BCUT2D eigenvalue weighted by Crippen LogP contribution is 2.24. The van der Waals surface area contributed by atoms with Crippen LogP contribution in [0.3, 0.4) is 0 Å². The molecule has 1 saturated heterocycles. The summed E-state index contributed by atoms with van der Waals surface area (Å²) < 4.78 is 0. The Bertz CT molecular complexity index is 414. The summed E-state index contributed by atoms with van der Waals surface area (Å²) in [4.78, 5) is 11.5. The van der Waals surface area contributed by atoms with Crippen molar-refractivity contribution in [3.8, 4) is 0 Å². The Kier molecular flexibility index (Phi) is 5.34. The maximum Gasteiger partial charge on any atom is 0.134 e. The molecule has 20 heavy (non-hydrogen) atoms. The van der Waals surface area contributed by atoms with Gasteiger partial charge in [-0.2, -0.15) is 0 Å². The summed E-state index contributed by atoms with van der Waals surface area (Å²) in [6, 6.07) is 3.85. The Morgan fingerprint density at radius 1 is 1.30 bits per heavy atom.